The molecule has 0 fully saturated rings. The van der Waals surface area contributed by atoms with Crippen LogP contribution in [0.5, 0.6) is 11.5 Å². The maximum Gasteiger partial charge on any atom is 0.254 e. The van der Waals surface area contributed by atoms with Crippen molar-refractivity contribution in [2.45, 2.75) is 6.42 Å². The van der Waals surface area contributed by atoms with E-state index in [4.69, 9.17) is 14.7 Å². The average Bonchev–Trinajstić information content (AvgIpc) is 2.67. The molecule has 0 saturated carbocycles. The Morgan fingerprint density at radius 3 is 2.73 bits per heavy atom. The number of hydrogen-bond acceptors (Lipinski definition) is 5. The van der Waals surface area contributed by atoms with Gasteiger partial charge < -0.3 is 9.47 Å². The van der Waals surface area contributed by atoms with E-state index in [1.807, 2.05) is 42.5 Å². The molecule has 0 spiro atoms. The van der Waals surface area contributed by atoms with Crippen LogP contribution in [0.3, 0.4) is 0 Å². The van der Waals surface area contributed by atoms with Crippen LogP contribution in [0.2, 0.25) is 0 Å². The Morgan fingerprint density at radius 2 is 2.00 bits per heavy atom. The van der Waals surface area contributed by atoms with E-state index in [1.54, 1.807) is 31.4 Å². The summed E-state index contributed by atoms with van der Waals surface area (Å²) in [5.41, 5.74) is 4.10. The first kappa shape index (κ1) is 18.7. The second-order valence-corrected chi connectivity index (χ2v) is 5.16. The van der Waals surface area contributed by atoms with Crippen molar-refractivity contribution < 1.29 is 14.3 Å². The number of carbonyl (C=O) groups is 1. The summed E-state index contributed by atoms with van der Waals surface area (Å²) in [7, 11) is 1.55. The molecule has 0 radical (unpaired) electrons. The topological polar surface area (TPSA) is 83.7 Å². The van der Waals surface area contributed by atoms with Crippen LogP contribution < -0.4 is 14.9 Å². The first-order valence-corrected chi connectivity index (χ1v) is 7.94. The zero-order valence-corrected chi connectivity index (χ0v) is 14.4. The van der Waals surface area contributed by atoms with Gasteiger partial charge in [-0.25, -0.2) is 5.43 Å². The highest BCUT2D eigenvalue weighted by molar-refractivity contribution is 5.83. The van der Waals surface area contributed by atoms with E-state index >= 15 is 0 Å². The van der Waals surface area contributed by atoms with Gasteiger partial charge in [-0.15, -0.1) is 0 Å². The largest absolute Gasteiger partial charge is 0.493 e. The van der Waals surface area contributed by atoms with Crippen molar-refractivity contribution >= 4 is 18.2 Å². The highest BCUT2D eigenvalue weighted by atomic mass is 16.5. The number of benzene rings is 2. The molecule has 0 heterocycles. The second-order valence-electron chi connectivity index (χ2n) is 5.16. The number of nitrogens with zero attached hydrogens (tertiary/aromatic N) is 2. The Balaban J connectivity index is 1.93. The van der Waals surface area contributed by atoms with Crippen LogP contribution in [-0.4, -0.2) is 25.8 Å². The summed E-state index contributed by atoms with van der Waals surface area (Å²) in [4.78, 5) is 11.2. The Hall–Kier alpha value is -3.59. The molecule has 0 bridgehead atoms. The minimum Gasteiger partial charge on any atom is -0.493 e. The molecular weight excluding hydrogens is 330 g/mol. The van der Waals surface area contributed by atoms with E-state index in [2.05, 4.69) is 10.5 Å². The molecule has 132 valence electrons. The normalized spacial score (nSPS) is 10.6. The highest BCUT2D eigenvalue weighted by Crippen LogP contribution is 2.27. The van der Waals surface area contributed by atoms with E-state index in [-0.39, 0.29) is 6.42 Å². The summed E-state index contributed by atoms with van der Waals surface area (Å²) in [5, 5.41) is 12.2. The quantitative estimate of drug-likeness (QED) is 0.586. The lowest BCUT2D eigenvalue weighted by atomic mass is 10.2. The van der Waals surface area contributed by atoms with Gasteiger partial charge >= 0.3 is 0 Å². The summed E-state index contributed by atoms with van der Waals surface area (Å²) >= 11 is 0. The molecule has 6 nitrogen and oxygen atoms in total. The summed E-state index contributed by atoms with van der Waals surface area (Å²) < 4.78 is 11.0. The van der Waals surface area contributed by atoms with E-state index in [1.165, 1.54) is 6.21 Å². The van der Waals surface area contributed by atoms with Crippen molar-refractivity contribution in [3.8, 4) is 17.6 Å². The van der Waals surface area contributed by atoms with Gasteiger partial charge in [-0.3, -0.25) is 4.79 Å². The average molecular weight is 349 g/mol. The molecule has 0 atom stereocenters. The van der Waals surface area contributed by atoms with Crippen molar-refractivity contribution in [2.24, 2.45) is 5.10 Å². The summed E-state index contributed by atoms with van der Waals surface area (Å²) in [6, 6.07) is 17.0. The van der Waals surface area contributed by atoms with Crippen molar-refractivity contribution in [1.29, 1.82) is 5.26 Å². The number of nitrogens with one attached hydrogen (secondary N) is 1. The lowest BCUT2D eigenvalue weighted by Crippen LogP contribution is -2.16. The fourth-order valence-electron chi connectivity index (χ4n) is 2.06. The minimum absolute atomic E-state index is 0.232. The predicted molar refractivity (Wildman–Crippen MR) is 99.9 cm³/mol. The third-order valence-electron chi connectivity index (χ3n) is 3.28. The van der Waals surface area contributed by atoms with Gasteiger partial charge in [-0.2, -0.15) is 10.4 Å². The van der Waals surface area contributed by atoms with Crippen LogP contribution in [0.4, 0.5) is 0 Å². The Labute approximate surface area is 152 Å². The van der Waals surface area contributed by atoms with E-state index in [0.717, 1.165) is 11.1 Å². The molecule has 2 aromatic carbocycles. The Morgan fingerprint density at radius 1 is 1.19 bits per heavy atom. The molecular formula is C20H19N3O3. The second kappa shape index (κ2) is 10.3. The van der Waals surface area contributed by atoms with Crippen molar-refractivity contribution in [1.82, 2.24) is 5.43 Å². The highest BCUT2D eigenvalue weighted by Gasteiger charge is 2.04. The zero-order chi connectivity index (χ0) is 18.6. The molecule has 1 amide bonds. The molecule has 0 aromatic heterocycles. The van der Waals surface area contributed by atoms with Crippen molar-refractivity contribution in [2.75, 3.05) is 13.7 Å². The number of hydrogen-bond donors (Lipinski definition) is 1. The molecule has 0 aliphatic heterocycles. The number of rotatable bonds is 8. The van der Waals surface area contributed by atoms with Crippen LogP contribution in [0.25, 0.3) is 6.08 Å². The minimum atomic E-state index is -0.458. The molecule has 1 N–H and O–H groups in total. The van der Waals surface area contributed by atoms with Crippen LogP contribution in [-0.2, 0) is 4.79 Å². The maximum atomic E-state index is 11.2. The molecule has 0 unspecified atom stereocenters. The lowest BCUT2D eigenvalue weighted by Gasteiger charge is -2.09. The van der Waals surface area contributed by atoms with Gasteiger partial charge in [0.15, 0.2) is 11.5 Å². The molecule has 0 aliphatic carbocycles. The van der Waals surface area contributed by atoms with E-state index in [0.29, 0.717) is 18.1 Å². The SMILES string of the molecule is COc1cc(/C=N/NC(=O)CC#N)ccc1OC/C=C/c1ccccc1. The fourth-order valence-corrected chi connectivity index (χ4v) is 2.06. The third kappa shape index (κ3) is 6.13. The van der Waals surface area contributed by atoms with Crippen LogP contribution in [0.1, 0.15) is 17.5 Å². The van der Waals surface area contributed by atoms with Crippen molar-refractivity contribution in [3.05, 3.63) is 65.7 Å². The predicted octanol–water partition coefficient (Wildman–Crippen LogP) is 3.15. The summed E-state index contributed by atoms with van der Waals surface area (Å²) in [6.07, 6.45) is 5.15. The fraction of sp³-hybridized carbons (Fsp3) is 0.150. The zero-order valence-electron chi connectivity index (χ0n) is 14.4. The standard InChI is InChI=1S/C20H19N3O3/c1-25-19-14-17(15-22-23-20(24)11-12-21)9-10-18(19)26-13-5-8-16-6-3-2-4-7-16/h2-10,14-15H,11,13H2,1H3,(H,23,24)/b8-5+,22-15+. The van der Waals surface area contributed by atoms with Gasteiger partial charge in [0.05, 0.1) is 19.4 Å². The monoisotopic (exact) mass is 349 g/mol. The number of amides is 1. The van der Waals surface area contributed by atoms with E-state index in [9.17, 15) is 4.79 Å². The van der Waals surface area contributed by atoms with Crippen LogP contribution >= 0.6 is 0 Å². The lowest BCUT2D eigenvalue weighted by molar-refractivity contribution is -0.120. The maximum absolute atomic E-state index is 11.2. The summed E-state index contributed by atoms with van der Waals surface area (Å²) in [6.45, 7) is 0.406. The van der Waals surface area contributed by atoms with Crippen LogP contribution in [0, 0.1) is 11.3 Å². The molecule has 6 heteroatoms. The number of nitriles is 1. The Bertz CT molecular complexity index is 824. The van der Waals surface area contributed by atoms with Gasteiger partial charge in [0.2, 0.25) is 0 Å². The van der Waals surface area contributed by atoms with E-state index < -0.39 is 5.91 Å². The van der Waals surface area contributed by atoms with Crippen molar-refractivity contribution in [3.63, 3.8) is 0 Å². The van der Waals surface area contributed by atoms with Crippen LogP contribution in [0.15, 0.2) is 59.7 Å². The van der Waals surface area contributed by atoms with Gasteiger partial charge in [-0.05, 0) is 35.4 Å². The van der Waals surface area contributed by atoms with Gasteiger partial charge in [0.1, 0.15) is 13.0 Å². The van der Waals surface area contributed by atoms with Gasteiger partial charge in [0, 0.05) is 0 Å². The Kier molecular flexibility index (Phi) is 7.43. The number of carbonyl (C=O) groups excluding carboxylic acids is 1. The van der Waals surface area contributed by atoms with Gasteiger partial charge in [-0.1, -0.05) is 36.4 Å². The molecule has 0 aliphatic rings. The molecule has 2 aromatic rings. The number of methoxy groups -OCH3 is 1. The third-order valence-corrected chi connectivity index (χ3v) is 3.28. The van der Waals surface area contributed by atoms with Gasteiger partial charge in [0.25, 0.3) is 5.91 Å². The smallest absolute Gasteiger partial charge is 0.254 e. The number of hydrazone groups is 1. The summed E-state index contributed by atoms with van der Waals surface area (Å²) in [5.74, 6) is 0.710. The first-order valence-electron chi connectivity index (χ1n) is 7.94. The molecule has 2 rings (SSSR count). The first-order chi connectivity index (χ1) is 12.7. The molecule has 0 saturated heterocycles. The number of ether oxygens (including phenoxy) is 2. The molecule has 26 heavy (non-hydrogen) atoms.